The minimum absolute atomic E-state index is 0. The number of thioether (sulfide) groups is 1. The Hall–Kier alpha value is -1.50. The van der Waals surface area contributed by atoms with Crippen LogP contribution in [0.1, 0.15) is 0 Å². The first kappa shape index (κ1) is 17.6. The predicted molar refractivity (Wildman–Crippen MR) is 89.1 cm³/mol. The van der Waals surface area contributed by atoms with Crippen molar-refractivity contribution in [1.29, 1.82) is 0 Å². The van der Waals surface area contributed by atoms with Gasteiger partial charge in [-0.25, -0.2) is 0 Å². The molecule has 21 heavy (non-hydrogen) atoms. The minimum atomic E-state index is -0.367. The maximum Gasteiger partial charge on any atom is 0.266 e. The highest BCUT2D eigenvalue weighted by Crippen LogP contribution is 2.29. The predicted octanol–water partition coefficient (Wildman–Crippen LogP) is 2.78. The number of hydrogen-bond acceptors (Lipinski definition) is 4. The Kier molecular flexibility index (Phi) is 6.26. The number of aliphatic imine (C=N–C) groups is 1. The van der Waals surface area contributed by atoms with Gasteiger partial charge in [-0.15, -0.1) is 12.4 Å². The van der Waals surface area contributed by atoms with Crippen LogP contribution in [0, 0.1) is 0 Å². The third-order valence-corrected chi connectivity index (χ3v) is 3.97. The van der Waals surface area contributed by atoms with Gasteiger partial charge in [0.15, 0.2) is 5.17 Å². The van der Waals surface area contributed by atoms with Crippen LogP contribution in [-0.4, -0.2) is 36.0 Å². The summed E-state index contributed by atoms with van der Waals surface area (Å²) in [6.07, 6.45) is 1.27. The van der Waals surface area contributed by atoms with Crippen LogP contribution in [0.2, 0.25) is 5.02 Å². The molecule has 112 valence electrons. The summed E-state index contributed by atoms with van der Waals surface area (Å²) in [4.78, 5) is 29.4. The second-order valence-electron chi connectivity index (χ2n) is 3.98. The summed E-state index contributed by atoms with van der Waals surface area (Å²) in [7, 11) is 3.22. The van der Waals surface area contributed by atoms with Gasteiger partial charge in [0, 0.05) is 30.9 Å². The third-order valence-electron chi connectivity index (χ3n) is 2.57. The Labute approximate surface area is 137 Å². The lowest BCUT2D eigenvalue weighted by Crippen LogP contribution is -2.24. The van der Waals surface area contributed by atoms with Gasteiger partial charge in [0.1, 0.15) is 0 Å². The average molecular weight is 346 g/mol. The van der Waals surface area contributed by atoms with Crippen molar-refractivity contribution in [1.82, 2.24) is 4.90 Å². The fourth-order valence-electron chi connectivity index (χ4n) is 1.58. The molecule has 0 saturated carbocycles. The van der Waals surface area contributed by atoms with E-state index in [0.29, 0.717) is 20.8 Å². The van der Waals surface area contributed by atoms with E-state index in [0.717, 1.165) is 0 Å². The van der Waals surface area contributed by atoms with Gasteiger partial charge in [0.2, 0.25) is 5.91 Å². The summed E-state index contributed by atoms with van der Waals surface area (Å²) in [6, 6.07) is 6.73. The van der Waals surface area contributed by atoms with Gasteiger partial charge in [-0.1, -0.05) is 11.6 Å². The first-order valence-corrected chi connectivity index (χ1v) is 6.91. The van der Waals surface area contributed by atoms with E-state index in [-0.39, 0.29) is 24.2 Å². The number of carbonyl (C=O) groups excluding carboxylic acids is 2. The molecule has 1 aliphatic rings. The zero-order valence-electron chi connectivity index (χ0n) is 11.3. The van der Waals surface area contributed by atoms with E-state index in [4.69, 9.17) is 11.6 Å². The lowest BCUT2D eigenvalue weighted by atomic mass is 10.3. The molecule has 0 unspecified atom stereocenters. The Morgan fingerprint density at radius 1 is 1.38 bits per heavy atom. The number of nitrogens with zero attached hydrogens (tertiary/aromatic N) is 2. The van der Waals surface area contributed by atoms with Crippen LogP contribution in [0.3, 0.4) is 0 Å². The first-order valence-electron chi connectivity index (χ1n) is 5.72. The molecular weight excluding hydrogens is 333 g/mol. The number of likely N-dealkylation sites (N-methyl/N-ethyl adjacent to an activating group) is 1. The minimum Gasteiger partial charge on any atom is -0.322 e. The molecule has 1 fully saturated rings. The molecular formula is C13H13Cl2N3O2S. The zero-order chi connectivity index (χ0) is 14.7. The van der Waals surface area contributed by atoms with Crippen molar-refractivity contribution >= 4 is 58.4 Å². The summed E-state index contributed by atoms with van der Waals surface area (Å²) in [5, 5.41) is 3.83. The quantitative estimate of drug-likeness (QED) is 0.838. The standard InChI is InChI=1S/C13H12ClN3O2S.ClH/c1-15-13-17(2)12(19)10(20-13)7-11(18)16-9-5-3-8(14)4-6-9;/h3-7H,1-2H3,(H,16,18);1H. The number of hydrogen-bond donors (Lipinski definition) is 1. The first-order chi connectivity index (χ1) is 9.51. The summed E-state index contributed by atoms with van der Waals surface area (Å²) in [5.74, 6) is -0.601. The molecule has 8 heteroatoms. The van der Waals surface area contributed by atoms with Gasteiger partial charge in [0.05, 0.1) is 4.91 Å². The van der Waals surface area contributed by atoms with Crippen molar-refractivity contribution in [3.63, 3.8) is 0 Å². The molecule has 2 amide bonds. The van der Waals surface area contributed by atoms with Crippen LogP contribution >= 0.6 is 35.8 Å². The Bertz CT molecular complexity index is 614. The maximum absolute atomic E-state index is 11.9. The summed E-state index contributed by atoms with van der Waals surface area (Å²) >= 11 is 6.94. The van der Waals surface area contributed by atoms with Crippen molar-refractivity contribution in [2.24, 2.45) is 4.99 Å². The lowest BCUT2D eigenvalue weighted by molar-refractivity contribution is -0.121. The molecule has 0 atom stereocenters. The number of carbonyl (C=O) groups is 2. The Balaban J connectivity index is 0.00000220. The Morgan fingerprint density at radius 2 is 2.00 bits per heavy atom. The van der Waals surface area contributed by atoms with Crippen LogP contribution in [0.4, 0.5) is 5.69 Å². The molecule has 0 aliphatic carbocycles. The monoisotopic (exact) mass is 345 g/mol. The van der Waals surface area contributed by atoms with E-state index in [1.54, 1.807) is 38.4 Å². The van der Waals surface area contributed by atoms with Gasteiger partial charge < -0.3 is 5.32 Å². The molecule has 1 aromatic rings. The number of anilines is 1. The number of amidine groups is 1. The highest BCUT2D eigenvalue weighted by molar-refractivity contribution is 8.18. The van der Waals surface area contributed by atoms with Crippen LogP contribution < -0.4 is 5.32 Å². The van der Waals surface area contributed by atoms with Gasteiger partial charge in [0.25, 0.3) is 5.91 Å². The van der Waals surface area contributed by atoms with Gasteiger partial charge >= 0.3 is 0 Å². The average Bonchev–Trinajstić information content (AvgIpc) is 2.69. The topological polar surface area (TPSA) is 61.8 Å². The largest absolute Gasteiger partial charge is 0.322 e. The van der Waals surface area contributed by atoms with Crippen molar-refractivity contribution in [3.8, 4) is 0 Å². The van der Waals surface area contributed by atoms with Gasteiger partial charge in [-0.2, -0.15) is 0 Å². The maximum atomic E-state index is 11.9. The second-order valence-corrected chi connectivity index (χ2v) is 5.42. The van der Waals surface area contributed by atoms with Crippen LogP contribution in [-0.2, 0) is 9.59 Å². The fourth-order valence-corrected chi connectivity index (χ4v) is 2.60. The number of amides is 2. The van der Waals surface area contributed by atoms with E-state index >= 15 is 0 Å². The van der Waals surface area contributed by atoms with E-state index in [1.807, 2.05) is 0 Å². The molecule has 5 nitrogen and oxygen atoms in total. The molecule has 0 aromatic heterocycles. The SMILES string of the molecule is CN=C1SC(=CC(=O)Nc2ccc(Cl)cc2)C(=O)N1C.Cl. The molecule has 1 saturated heterocycles. The van der Waals surface area contributed by atoms with Gasteiger partial charge in [-0.05, 0) is 36.0 Å². The van der Waals surface area contributed by atoms with Crippen molar-refractivity contribution in [2.75, 3.05) is 19.4 Å². The van der Waals surface area contributed by atoms with Crippen LogP contribution in [0.25, 0.3) is 0 Å². The van der Waals surface area contributed by atoms with Crippen molar-refractivity contribution in [2.45, 2.75) is 0 Å². The van der Waals surface area contributed by atoms with Gasteiger partial charge in [-0.3, -0.25) is 19.5 Å². The number of benzene rings is 1. The van der Waals surface area contributed by atoms with E-state index < -0.39 is 0 Å². The molecule has 1 N–H and O–H groups in total. The number of nitrogens with one attached hydrogen (secondary N) is 1. The number of halogens is 2. The fraction of sp³-hybridized carbons (Fsp3) is 0.154. The molecule has 0 bridgehead atoms. The smallest absolute Gasteiger partial charge is 0.266 e. The molecule has 0 spiro atoms. The Morgan fingerprint density at radius 3 is 2.52 bits per heavy atom. The van der Waals surface area contributed by atoms with E-state index in [2.05, 4.69) is 10.3 Å². The molecule has 1 heterocycles. The second kappa shape index (κ2) is 7.49. The number of rotatable bonds is 2. The summed E-state index contributed by atoms with van der Waals surface area (Å²) < 4.78 is 0. The molecule has 1 aromatic carbocycles. The highest BCUT2D eigenvalue weighted by Gasteiger charge is 2.30. The van der Waals surface area contributed by atoms with E-state index in [9.17, 15) is 9.59 Å². The third kappa shape index (κ3) is 4.23. The normalized spacial score (nSPS) is 18.0. The lowest BCUT2D eigenvalue weighted by Gasteiger charge is -2.05. The molecule has 2 rings (SSSR count). The van der Waals surface area contributed by atoms with Crippen molar-refractivity contribution < 1.29 is 9.59 Å². The zero-order valence-corrected chi connectivity index (χ0v) is 13.7. The van der Waals surface area contributed by atoms with Crippen molar-refractivity contribution in [3.05, 3.63) is 40.3 Å². The van der Waals surface area contributed by atoms with E-state index in [1.165, 1.54) is 22.7 Å². The van der Waals surface area contributed by atoms with Crippen LogP contribution in [0.5, 0.6) is 0 Å². The summed E-state index contributed by atoms with van der Waals surface area (Å²) in [6.45, 7) is 0. The highest BCUT2D eigenvalue weighted by atomic mass is 35.5. The van der Waals surface area contributed by atoms with Crippen LogP contribution in [0.15, 0.2) is 40.2 Å². The molecule has 0 radical (unpaired) electrons. The summed E-state index contributed by atoms with van der Waals surface area (Å²) in [5.41, 5.74) is 0.615. The molecule has 1 aliphatic heterocycles.